The number of benzene rings is 1. The molecular weight excluding hydrogens is 334 g/mol. The first-order valence-electron chi connectivity index (χ1n) is 7.31. The number of oxazole rings is 1. The first-order chi connectivity index (χ1) is 11.6. The standard InChI is InChI=1S/C17H14F2N2O2S/c18-12-4-1-5-13(19)17(12)14-10-21-16(23-14)7-6-15(22)20-9-11-3-2-8-24-11/h1-5,8,10H,6-7,9H2,(H,20,22). The molecule has 0 aliphatic rings. The maximum atomic E-state index is 13.7. The molecule has 4 nitrogen and oxygen atoms in total. The van der Waals surface area contributed by atoms with E-state index in [0.717, 1.165) is 17.0 Å². The molecule has 1 amide bonds. The van der Waals surface area contributed by atoms with Crippen molar-refractivity contribution in [2.45, 2.75) is 19.4 Å². The number of aryl methyl sites for hydroxylation is 1. The van der Waals surface area contributed by atoms with Crippen molar-refractivity contribution in [2.24, 2.45) is 0 Å². The van der Waals surface area contributed by atoms with E-state index < -0.39 is 11.6 Å². The Hall–Kier alpha value is -2.54. The van der Waals surface area contributed by atoms with Crippen LogP contribution in [0.3, 0.4) is 0 Å². The lowest BCUT2D eigenvalue weighted by Crippen LogP contribution is -2.22. The number of rotatable bonds is 6. The average Bonchev–Trinajstić information content (AvgIpc) is 3.23. The van der Waals surface area contributed by atoms with Gasteiger partial charge in [-0.05, 0) is 23.6 Å². The SMILES string of the molecule is O=C(CCc1ncc(-c2c(F)cccc2F)o1)NCc1cccs1. The highest BCUT2D eigenvalue weighted by atomic mass is 32.1. The van der Waals surface area contributed by atoms with Crippen LogP contribution in [0.15, 0.2) is 46.3 Å². The number of thiophene rings is 1. The van der Waals surface area contributed by atoms with Gasteiger partial charge in [-0.3, -0.25) is 4.79 Å². The lowest BCUT2D eigenvalue weighted by molar-refractivity contribution is -0.121. The van der Waals surface area contributed by atoms with Crippen LogP contribution >= 0.6 is 11.3 Å². The average molecular weight is 348 g/mol. The van der Waals surface area contributed by atoms with Gasteiger partial charge in [-0.1, -0.05) is 12.1 Å². The van der Waals surface area contributed by atoms with Gasteiger partial charge < -0.3 is 9.73 Å². The molecule has 0 aliphatic carbocycles. The largest absolute Gasteiger partial charge is 0.441 e. The van der Waals surface area contributed by atoms with E-state index >= 15 is 0 Å². The van der Waals surface area contributed by atoms with Gasteiger partial charge in [0, 0.05) is 17.7 Å². The van der Waals surface area contributed by atoms with Gasteiger partial charge in [-0.2, -0.15) is 0 Å². The van der Waals surface area contributed by atoms with Crippen molar-refractivity contribution in [3.63, 3.8) is 0 Å². The van der Waals surface area contributed by atoms with E-state index in [1.54, 1.807) is 11.3 Å². The van der Waals surface area contributed by atoms with Crippen LogP contribution in [0.5, 0.6) is 0 Å². The summed E-state index contributed by atoms with van der Waals surface area (Å²) < 4.78 is 32.8. The third-order valence-corrected chi connectivity index (χ3v) is 4.24. The van der Waals surface area contributed by atoms with Gasteiger partial charge in [-0.15, -0.1) is 11.3 Å². The van der Waals surface area contributed by atoms with E-state index in [0.29, 0.717) is 6.54 Å². The van der Waals surface area contributed by atoms with E-state index in [4.69, 9.17) is 4.42 Å². The van der Waals surface area contributed by atoms with Gasteiger partial charge in [0.05, 0.1) is 18.3 Å². The van der Waals surface area contributed by atoms with Gasteiger partial charge in [0.1, 0.15) is 11.6 Å². The van der Waals surface area contributed by atoms with Gasteiger partial charge in [0.25, 0.3) is 0 Å². The summed E-state index contributed by atoms with van der Waals surface area (Å²) in [6.07, 6.45) is 1.71. The summed E-state index contributed by atoms with van der Waals surface area (Å²) in [5, 5.41) is 4.74. The van der Waals surface area contributed by atoms with Crippen molar-refractivity contribution >= 4 is 17.2 Å². The topological polar surface area (TPSA) is 55.1 Å². The smallest absolute Gasteiger partial charge is 0.220 e. The second kappa shape index (κ2) is 7.35. The monoisotopic (exact) mass is 348 g/mol. The van der Waals surface area contributed by atoms with Gasteiger partial charge in [-0.25, -0.2) is 13.8 Å². The van der Waals surface area contributed by atoms with E-state index in [9.17, 15) is 13.6 Å². The molecule has 7 heteroatoms. The van der Waals surface area contributed by atoms with Crippen LogP contribution in [0.2, 0.25) is 0 Å². The Labute approximate surface area is 141 Å². The molecular formula is C17H14F2N2O2S. The summed E-state index contributed by atoms with van der Waals surface area (Å²) in [6.45, 7) is 0.480. The Bertz CT molecular complexity index is 811. The highest BCUT2D eigenvalue weighted by Crippen LogP contribution is 2.26. The minimum Gasteiger partial charge on any atom is -0.441 e. The van der Waals surface area contributed by atoms with Crippen LogP contribution < -0.4 is 5.32 Å². The maximum Gasteiger partial charge on any atom is 0.220 e. The van der Waals surface area contributed by atoms with E-state index in [-0.39, 0.29) is 36.0 Å². The van der Waals surface area contributed by atoms with Crippen molar-refractivity contribution in [3.8, 4) is 11.3 Å². The molecule has 0 saturated carbocycles. The van der Waals surface area contributed by atoms with Crippen LogP contribution in [0.1, 0.15) is 17.2 Å². The summed E-state index contributed by atoms with van der Waals surface area (Å²) in [4.78, 5) is 16.8. The molecule has 1 aromatic carbocycles. The number of halogens is 2. The molecule has 124 valence electrons. The van der Waals surface area contributed by atoms with Crippen LogP contribution in [0.25, 0.3) is 11.3 Å². The Morgan fingerprint density at radius 3 is 2.71 bits per heavy atom. The summed E-state index contributed by atoms with van der Waals surface area (Å²) in [7, 11) is 0. The Morgan fingerprint density at radius 2 is 2.00 bits per heavy atom. The van der Waals surface area contributed by atoms with Crippen LogP contribution in [-0.2, 0) is 17.8 Å². The zero-order valence-corrected chi connectivity index (χ0v) is 13.4. The van der Waals surface area contributed by atoms with Crippen molar-refractivity contribution in [2.75, 3.05) is 0 Å². The van der Waals surface area contributed by atoms with Gasteiger partial charge >= 0.3 is 0 Å². The summed E-state index contributed by atoms with van der Waals surface area (Å²) in [5.41, 5.74) is -0.251. The summed E-state index contributed by atoms with van der Waals surface area (Å²) in [5.74, 6) is -1.29. The molecule has 0 radical (unpaired) electrons. The lowest BCUT2D eigenvalue weighted by Gasteiger charge is -2.02. The fourth-order valence-electron chi connectivity index (χ4n) is 2.18. The normalized spacial score (nSPS) is 10.8. The Morgan fingerprint density at radius 1 is 1.21 bits per heavy atom. The zero-order chi connectivity index (χ0) is 16.9. The van der Waals surface area contributed by atoms with E-state index in [1.807, 2.05) is 17.5 Å². The number of amides is 1. The van der Waals surface area contributed by atoms with Crippen LogP contribution in [0, 0.1) is 11.6 Å². The fourth-order valence-corrected chi connectivity index (χ4v) is 2.83. The molecule has 2 heterocycles. The first kappa shape index (κ1) is 16.3. The minimum atomic E-state index is -0.716. The molecule has 0 spiro atoms. The number of aromatic nitrogens is 1. The number of nitrogens with zero attached hydrogens (tertiary/aromatic N) is 1. The molecule has 24 heavy (non-hydrogen) atoms. The maximum absolute atomic E-state index is 13.7. The number of hydrogen-bond donors (Lipinski definition) is 1. The third-order valence-electron chi connectivity index (χ3n) is 3.37. The predicted octanol–water partition coefficient (Wildman–Crippen LogP) is 3.93. The molecule has 0 unspecified atom stereocenters. The van der Waals surface area contributed by atoms with Gasteiger partial charge in [0.2, 0.25) is 5.91 Å². The second-order valence-electron chi connectivity index (χ2n) is 5.07. The number of carbonyl (C=O) groups is 1. The molecule has 0 aliphatic heterocycles. The molecule has 0 saturated heterocycles. The lowest BCUT2D eigenvalue weighted by atomic mass is 10.1. The van der Waals surface area contributed by atoms with E-state index in [1.165, 1.54) is 12.3 Å². The highest BCUT2D eigenvalue weighted by Gasteiger charge is 2.16. The van der Waals surface area contributed by atoms with E-state index in [2.05, 4.69) is 10.3 Å². The number of carbonyl (C=O) groups excluding carboxylic acids is 1. The molecule has 3 rings (SSSR count). The Kier molecular flexibility index (Phi) is 5.00. The highest BCUT2D eigenvalue weighted by molar-refractivity contribution is 7.09. The molecule has 0 fully saturated rings. The van der Waals surface area contributed by atoms with Crippen LogP contribution in [0.4, 0.5) is 8.78 Å². The fraction of sp³-hybridized carbons (Fsp3) is 0.176. The van der Waals surface area contributed by atoms with Crippen LogP contribution in [-0.4, -0.2) is 10.9 Å². The van der Waals surface area contributed by atoms with Crippen molar-refractivity contribution in [3.05, 3.63) is 64.3 Å². The summed E-state index contributed by atoms with van der Waals surface area (Å²) in [6, 6.07) is 7.44. The first-order valence-corrected chi connectivity index (χ1v) is 8.19. The predicted molar refractivity (Wildman–Crippen MR) is 86.3 cm³/mol. The second-order valence-corrected chi connectivity index (χ2v) is 6.10. The number of hydrogen-bond acceptors (Lipinski definition) is 4. The third kappa shape index (κ3) is 3.86. The number of nitrogens with one attached hydrogen (secondary N) is 1. The molecule has 1 N–H and O–H groups in total. The molecule has 3 aromatic rings. The molecule has 0 atom stereocenters. The zero-order valence-electron chi connectivity index (χ0n) is 12.6. The summed E-state index contributed by atoms with van der Waals surface area (Å²) >= 11 is 1.57. The van der Waals surface area contributed by atoms with Gasteiger partial charge in [0.15, 0.2) is 11.7 Å². The quantitative estimate of drug-likeness (QED) is 0.734. The molecule has 0 bridgehead atoms. The minimum absolute atomic E-state index is 0.0135. The van der Waals surface area contributed by atoms with Crippen molar-refractivity contribution in [1.82, 2.24) is 10.3 Å². The Balaban J connectivity index is 1.57. The van der Waals surface area contributed by atoms with Crippen molar-refractivity contribution in [1.29, 1.82) is 0 Å². The van der Waals surface area contributed by atoms with Crippen molar-refractivity contribution < 1.29 is 18.0 Å². The molecule has 2 aromatic heterocycles.